The lowest BCUT2D eigenvalue weighted by atomic mass is 9.80. The number of ether oxygens (including phenoxy) is 3. The van der Waals surface area contributed by atoms with Crippen LogP contribution in [-0.4, -0.2) is 46.8 Å². The Bertz CT molecular complexity index is 966. The number of alkyl halides is 3. The van der Waals surface area contributed by atoms with Crippen molar-refractivity contribution in [3.63, 3.8) is 0 Å². The Morgan fingerprint density at radius 3 is 2.46 bits per heavy atom. The predicted octanol–water partition coefficient (Wildman–Crippen LogP) is 6.98. The van der Waals surface area contributed by atoms with Crippen molar-refractivity contribution >= 4 is 11.6 Å². The van der Waals surface area contributed by atoms with Crippen LogP contribution in [0.3, 0.4) is 0 Å². The number of aromatic nitrogens is 3. The summed E-state index contributed by atoms with van der Waals surface area (Å²) in [7, 11) is 0. The highest BCUT2D eigenvalue weighted by molar-refractivity contribution is 6.20. The zero-order valence-electron chi connectivity index (χ0n) is 21.7. The standard InChI is InChI=1S/C27H37ClF3N3O3/c1-3-5-9-20(28)18-37-21-16-32-26(33-17-21)22-11-10-19-15-23(34-25(29)24(19)27(22,30)31)36-14-8-7-13-35-12-6-4-2/h15-17,20,22H,3-14,18H2,1-2H3. The van der Waals surface area contributed by atoms with Gasteiger partial charge >= 0.3 is 0 Å². The quantitative estimate of drug-likeness (QED) is 0.129. The molecule has 1 aliphatic carbocycles. The topological polar surface area (TPSA) is 66.4 Å². The molecule has 0 radical (unpaired) electrons. The van der Waals surface area contributed by atoms with Gasteiger partial charge in [-0.3, -0.25) is 0 Å². The Morgan fingerprint density at radius 1 is 1.03 bits per heavy atom. The molecule has 3 rings (SSSR count). The summed E-state index contributed by atoms with van der Waals surface area (Å²) in [4.78, 5) is 11.9. The Labute approximate surface area is 222 Å². The van der Waals surface area contributed by atoms with E-state index in [9.17, 15) is 4.39 Å². The van der Waals surface area contributed by atoms with E-state index in [1.807, 2.05) is 0 Å². The van der Waals surface area contributed by atoms with Gasteiger partial charge in [0.1, 0.15) is 12.4 Å². The highest BCUT2D eigenvalue weighted by Crippen LogP contribution is 2.49. The molecule has 0 saturated heterocycles. The first-order valence-electron chi connectivity index (χ1n) is 13.2. The van der Waals surface area contributed by atoms with Gasteiger partial charge in [0.15, 0.2) is 5.75 Å². The summed E-state index contributed by atoms with van der Waals surface area (Å²) in [6.07, 6.45) is 9.50. The molecule has 2 aromatic rings. The smallest absolute Gasteiger partial charge is 0.287 e. The molecule has 0 aromatic carbocycles. The van der Waals surface area contributed by atoms with Gasteiger partial charge in [0, 0.05) is 19.3 Å². The fourth-order valence-electron chi connectivity index (χ4n) is 4.22. The summed E-state index contributed by atoms with van der Waals surface area (Å²) in [6.45, 7) is 6.15. The largest absolute Gasteiger partial charge is 0.489 e. The molecular weight excluding hydrogens is 507 g/mol. The van der Waals surface area contributed by atoms with Gasteiger partial charge in [-0.25, -0.2) is 18.7 Å². The minimum atomic E-state index is -3.51. The molecule has 2 atom stereocenters. The fourth-order valence-corrected chi connectivity index (χ4v) is 4.43. The van der Waals surface area contributed by atoms with Crippen molar-refractivity contribution < 1.29 is 27.4 Å². The van der Waals surface area contributed by atoms with Crippen LogP contribution in [-0.2, 0) is 17.1 Å². The lowest BCUT2D eigenvalue weighted by molar-refractivity contribution is -0.0501. The van der Waals surface area contributed by atoms with Gasteiger partial charge in [-0.15, -0.1) is 11.6 Å². The van der Waals surface area contributed by atoms with Crippen LogP contribution in [0.4, 0.5) is 13.2 Å². The van der Waals surface area contributed by atoms with Crippen molar-refractivity contribution in [1.82, 2.24) is 15.0 Å². The molecular formula is C27H37ClF3N3O3. The Hall–Kier alpha value is -2.13. The second-order valence-electron chi connectivity index (χ2n) is 9.35. The predicted molar refractivity (Wildman–Crippen MR) is 136 cm³/mol. The molecule has 1 aliphatic rings. The summed E-state index contributed by atoms with van der Waals surface area (Å²) in [5, 5.41) is -0.146. The number of rotatable bonds is 16. The zero-order valence-corrected chi connectivity index (χ0v) is 22.4. The number of hydrogen-bond acceptors (Lipinski definition) is 6. The van der Waals surface area contributed by atoms with E-state index in [1.165, 1.54) is 18.5 Å². The van der Waals surface area contributed by atoms with Gasteiger partial charge < -0.3 is 14.2 Å². The minimum absolute atomic E-state index is 0.0201. The van der Waals surface area contributed by atoms with Gasteiger partial charge in [-0.2, -0.15) is 9.37 Å². The van der Waals surface area contributed by atoms with Crippen LogP contribution in [0.1, 0.15) is 88.1 Å². The van der Waals surface area contributed by atoms with Gasteiger partial charge in [-0.05, 0) is 44.1 Å². The Morgan fingerprint density at radius 2 is 1.73 bits per heavy atom. The average Bonchev–Trinajstić information content (AvgIpc) is 2.87. The SMILES string of the molecule is CCCCOCCCCOc1cc2c(c(F)n1)C(F)(F)C(c1ncc(OCC(Cl)CCCC)cn1)CC2. The minimum Gasteiger partial charge on any atom is -0.489 e. The third-order valence-corrected chi connectivity index (χ3v) is 6.69. The molecule has 10 heteroatoms. The molecule has 0 saturated carbocycles. The molecule has 6 nitrogen and oxygen atoms in total. The van der Waals surface area contributed by atoms with Crippen molar-refractivity contribution in [3.8, 4) is 11.6 Å². The molecule has 206 valence electrons. The summed E-state index contributed by atoms with van der Waals surface area (Å²) in [6, 6.07) is 1.42. The number of hydrogen-bond donors (Lipinski definition) is 0. The lowest BCUT2D eigenvalue weighted by Crippen LogP contribution is -2.33. The van der Waals surface area contributed by atoms with Crippen molar-refractivity contribution in [2.24, 2.45) is 0 Å². The molecule has 2 aromatic heterocycles. The highest BCUT2D eigenvalue weighted by Gasteiger charge is 2.50. The van der Waals surface area contributed by atoms with Crippen molar-refractivity contribution in [1.29, 1.82) is 0 Å². The van der Waals surface area contributed by atoms with Crippen LogP contribution in [0.2, 0.25) is 0 Å². The second kappa shape index (κ2) is 14.7. The van der Waals surface area contributed by atoms with Gasteiger partial charge in [0.25, 0.3) is 5.92 Å². The van der Waals surface area contributed by atoms with Crippen LogP contribution in [0.25, 0.3) is 0 Å². The number of unbranched alkanes of at least 4 members (excludes halogenated alkanes) is 3. The summed E-state index contributed by atoms with van der Waals surface area (Å²) < 4.78 is 62.3. The third kappa shape index (κ3) is 8.43. The van der Waals surface area contributed by atoms with E-state index in [-0.39, 0.29) is 42.1 Å². The fraction of sp³-hybridized carbons (Fsp3) is 0.667. The number of pyridine rings is 1. The van der Waals surface area contributed by atoms with E-state index in [4.69, 9.17) is 25.8 Å². The highest BCUT2D eigenvalue weighted by atomic mass is 35.5. The van der Waals surface area contributed by atoms with E-state index in [0.717, 1.165) is 45.1 Å². The molecule has 2 unspecified atom stereocenters. The van der Waals surface area contributed by atoms with E-state index >= 15 is 8.78 Å². The van der Waals surface area contributed by atoms with Crippen LogP contribution in [0, 0.1) is 5.95 Å². The molecule has 0 spiro atoms. The maximum atomic E-state index is 15.4. The first-order chi connectivity index (χ1) is 17.9. The average molecular weight is 544 g/mol. The lowest BCUT2D eigenvalue weighted by Gasteiger charge is -2.32. The van der Waals surface area contributed by atoms with Crippen LogP contribution >= 0.6 is 11.6 Å². The maximum Gasteiger partial charge on any atom is 0.287 e. The van der Waals surface area contributed by atoms with Crippen molar-refractivity contribution in [2.75, 3.05) is 26.4 Å². The van der Waals surface area contributed by atoms with Gasteiger partial charge in [-0.1, -0.05) is 33.1 Å². The number of aryl methyl sites for hydroxylation is 1. The summed E-state index contributed by atoms with van der Waals surface area (Å²) in [5.41, 5.74) is -0.503. The van der Waals surface area contributed by atoms with Crippen LogP contribution < -0.4 is 9.47 Å². The molecule has 0 amide bonds. The van der Waals surface area contributed by atoms with Crippen molar-refractivity contribution in [3.05, 3.63) is 41.4 Å². The monoisotopic (exact) mass is 543 g/mol. The molecule has 37 heavy (non-hydrogen) atoms. The van der Waals surface area contributed by atoms with E-state index in [1.54, 1.807) is 0 Å². The third-order valence-electron chi connectivity index (χ3n) is 6.34. The van der Waals surface area contributed by atoms with E-state index in [2.05, 4.69) is 28.8 Å². The Balaban J connectivity index is 1.57. The maximum absolute atomic E-state index is 15.4. The molecule has 0 bridgehead atoms. The van der Waals surface area contributed by atoms with Gasteiger partial charge in [0.2, 0.25) is 11.8 Å². The van der Waals surface area contributed by atoms with Crippen molar-refractivity contribution in [2.45, 2.75) is 88.9 Å². The van der Waals surface area contributed by atoms with E-state index in [0.29, 0.717) is 25.4 Å². The number of halogens is 4. The summed E-state index contributed by atoms with van der Waals surface area (Å²) in [5.74, 6) is -5.78. The molecule has 0 fully saturated rings. The number of nitrogens with zero attached hydrogens (tertiary/aromatic N) is 3. The number of fused-ring (bicyclic) bond motifs is 1. The summed E-state index contributed by atoms with van der Waals surface area (Å²) >= 11 is 6.22. The van der Waals surface area contributed by atoms with E-state index < -0.39 is 23.4 Å². The zero-order chi connectivity index (χ0) is 26.7. The first-order valence-corrected chi connectivity index (χ1v) is 13.7. The Kier molecular flexibility index (Phi) is 11.7. The molecule has 0 aliphatic heterocycles. The van der Waals surface area contributed by atoms with Gasteiger partial charge in [0.05, 0.1) is 35.9 Å². The normalized spacial score (nSPS) is 17.3. The molecule has 2 heterocycles. The first kappa shape index (κ1) is 29.4. The van der Waals surface area contributed by atoms with Crippen LogP contribution in [0.15, 0.2) is 18.5 Å². The van der Waals surface area contributed by atoms with Crippen LogP contribution in [0.5, 0.6) is 11.6 Å². The second-order valence-corrected chi connectivity index (χ2v) is 9.97. The molecule has 0 N–H and O–H groups in total.